The smallest absolute Gasteiger partial charge is 0.287 e. The summed E-state index contributed by atoms with van der Waals surface area (Å²) in [6.07, 6.45) is 1.16. The average molecular weight is 238 g/mol. The first kappa shape index (κ1) is 12.9. The number of anilines is 1. The predicted molar refractivity (Wildman–Crippen MR) is 62.8 cm³/mol. The zero-order chi connectivity index (χ0) is 13.0. The number of aromatic nitrogens is 1. The summed E-state index contributed by atoms with van der Waals surface area (Å²) in [5.41, 5.74) is 0.567. The highest BCUT2D eigenvalue weighted by atomic mass is 16.6. The molecular weight excluding hydrogens is 224 g/mol. The molecule has 0 bridgehead atoms. The number of hydrogen-bond acceptors (Lipinski definition) is 5. The Morgan fingerprint density at radius 2 is 2.24 bits per heavy atom. The highest BCUT2D eigenvalue weighted by Crippen LogP contribution is 2.17. The molecule has 0 atom stereocenters. The quantitative estimate of drug-likeness (QED) is 0.619. The Morgan fingerprint density at radius 1 is 1.59 bits per heavy atom. The SMILES string of the molecule is Cc1cc([N+](=O)[O-])cnc1NCC(=O)N(C)C. The van der Waals surface area contributed by atoms with Crippen molar-refractivity contribution in [3.8, 4) is 0 Å². The van der Waals surface area contributed by atoms with E-state index in [0.717, 1.165) is 6.20 Å². The molecular formula is C10H14N4O3. The Bertz CT molecular complexity index is 445. The average Bonchev–Trinajstić information content (AvgIpc) is 2.26. The lowest BCUT2D eigenvalue weighted by atomic mass is 10.2. The van der Waals surface area contributed by atoms with E-state index < -0.39 is 4.92 Å². The zero-order valence-electron chi connectivity index (χ0n) is 9.93. The van der Waals surface area contributed by atoms with Crippen molar-refractivity contribution in [2.45, 2.75) is 6.92 Å². The van der Waals surface area contributed by atoms with Crippen LogP contribution in [0.2, 0.25) is 0 Å². The standard InChI is InChI=1S/C10H14N4O3/c1-7-4-8(14(16)17)5-11-10(7)12-6-9(15)13(2)3/h4-5H,6H2,1-3H3,(H,11,12). The molecule has 1 rings (SSSR count). The maximum Gasteiger partial charge on any atom is 0.287 e. The number of nitro groups is 1. The van der Waals surface area contributed by atoms with Gasteiger partial charge >= 0.3 is 0 Å². The van der Waals surface area contributed by atoms with Crippen LogP contribution in [0.1, 0.15) is 5.56 Å². The van der Waals surface area contributed by atoms with Gasteiger partial charge in [-0.15, -0.1) is 0 Å². The van der Waals surface area contributed by atoms with Crippen LogP contribution in [0.5, 0.6) is 0 Å². The third kappa shape index (κ3) is 3.40. The fourth-order valence-corrected chi connectivity index (χ4v) is 1.16. The Balaban J connectivity index is 2.73. The third-order valence-electron chi connectivity index (χ3n) is 2.18. The number of likely N-dealkylation sites (N-methyl/N-ethyl adjacent to an activating group) is 1. The molecule has 0 aromatic carbocycles. The number of nitrogens with zero attached hydrogens (tertiary/aromatic N) is 3. The molecule has 1 heterocycles. The van der Waals surface area contributed by atoms with E-state index in [-0.39, 0.29) is 18.1 Å². The third-order valence-corrected chi connectivity index (χ3v) is 2.18. The Labute approximate surface area is 98.6 Å². The molecule has 0 aliphatic rings. The number of pyridine rings is 1. The van der Waals surface area contributed by atoms with Crippen molar-refractivity contribution >= 4 is 17.4 Å². The van der Waals surface area contributed by atoms with Gasteiger partial charge in [-0.05, 0) is 12.5 Å². The number of hydrogen-bond donors (Lipinski definition) is 1. The van der Waals surface area contributed by atoms with Crippen molar-refractivity contribution in [1.82, 2.24) is 9.88 Å². The molecule has 0 saturated carbocycles. The minimum absolute atomic E-state index is 0.0630. The molecule has 0 fully saturated rings. The van der Waals surface area contributed by atoms with E-state index in [2.05, 4.69) is 10.3 Å². The first-order chi connectivity index (χ1) is 7.91. The lowest BCUT2D eigenvalue weighted by molar-refractivity contribution is -0.385. The Hall–Kier alpha value is -2.18. The van der Waals surface area contributed by atoms with Crippen LogP contribution >= 0.6 is 0 Å². The summed E-state index contributed by atoms with van der Waals surface area (Å²) in [6.45, 7) is 1.81. The second kappa shape index (κ2) is 5.24. The van der Waals surface area contributed by atoms with Crippen LogP contribution in [-0.2, 0) is 4.79 Å². The fourth-order valence-electron chi connectivity index (χ4n) is 1.16. The van der Waals surface area contributed by atoms with Gasteiger partial charge in [0.1, 0.15) is 12.0 Å². The van der Waals surface area contributed by atoms with Gasteiger partial charge in [-0.25, -0.2) is 4.98 Å². The van der Waals surface area contributed by atoms with E-state index in [1.54, 1.807) is 21.0 Å². The Morgan fingerprint density at radius 3 is 2.71 bits per heavy atom. The van der Waals surface area contributed by atoms with Crippen molar-refractivity contribution in [2.75, 3.05) is 26.0 Å². The van der Waals surface area contributed by atoms with Gasteiger partial charge in [-0.3, -0.25) is 14.9 Å². The monoisotopic (exact) mass is 238 g/mol. The van der Waals surface area contributed by atoms with Gasteiger partial charge in [0.2, 0.25) is 5.91 Å². The summed E-state index contributed by atoms with van der Waals surface area (Å²) < 4.78 is 0. The van der Waals surface area contributed by atoms with Gasteiger partial charge in [-0.2, -0.15) is 0 Å². The number of carbonyl (C=O) groups excluding carboxylic acids is 1. The minimum atomic E-state index is -0.505. The highest BCUT2D eigenvalue weighted by molar-refractivity contribution is 5.80. The normalized spacial score (nSPS) is 9.82. The van der Waals surface area contributed by atoms with Crippen LogP contribution in [0.15, 0.2) is 12.3 Å². The lowest BCUT2D eigenvalue weighted by Crippen LogP contribution is -2.29. The molecule has 0 radical (unpaired) electrons. The van der Waals surface area contributed by atoms with Gasteiger partial charge in [0.15, 0.2) is 0 Å². The molecule has 0 spiro atoms. The summed E-state index contributed by atoms with van der Waals surface area (Å²) in [4.78, 5) is 26.7. The molecule has 0 saturated heterocycles. The van der Waals surface area contributed by atoms with Crippen molar-refractivity contribution in [3.63, 3.8) is 0 Å². The molecule has 1 amide bonds. The molecule has 0 aliphatic heterocycles. The number of aryl methyl sites for hydroxylation is 1. The number of nitrogens with one attached hydrogen (secondary N) is 1. The predicted octanol–water partition coefficient (Wildman–Crippen LogP) is 0.798. The highest BCUT2D eigenvalue weighted by Gasteiger charge is 2.10. The lowest BCUT2D eigenvalue weighted by Gasteiger charge is -2.12. The number of rotatable bonds is 4. The molecule has 0 aliphatic carbocycles. The van der Waals surface area contributed by atoms with E-state index in [4.69, 9.17) is 0 Å². The van der Waals surface area contributed by atoms with Gasteiger partial charge in [0.25, 0.3) is 5.69 Å². The topological polar surface area (TPSA) is 88.4 Å². The van der Waals surface area contributed by atoms with Gasteiger partial charge in [-0.1, -0.05) is 0 Å². The zero-order valence-corrected chi connectivity index (χ0v) is 9.93. The fraction of sp³-hybridized carbons (Fsp3) is 0.400. The molecule has 7 nitrogen and oxygen atoms in total. The number of carbonyl (C=O) groups is 1. The van der Waals surface area contributed by atoms with Crippen LogP contribution in [0.4, 0.5) is 11.5 Å². The van der Waals surface area contributed by atoms with Crippen molar-refractivity contribution < 1.29 is 9.72 Å². The van der Waals surface area contributed by atoms with E-state index in [1.807, 2.05) is 0 Å². The molecule has 17 heavy (non-hydrogen) atoms. The van der Waals surface area contributed by atoms with E-state index in [1.165, 1.54) is 11.0 Å². The summed E-state index contributed by atoms with van der Waals surface area (Å²) in [6, 6.07) is 1.41. The molecule has 0 unspecified atom stereocenters. The Kier molecular flexibility index (Phi) is 3.97. The maximum atomic E-state index is 11.3. The second-order valence-electron chi connectivity index (χ2n) is 3.76. The summed E-state index contributed by atoms with van der Waals surface area (Å²) in [7, 11) is 3.31. The van der Waals surface area contributed by atoms with E-state index >= 15 is 0 Å². The van der Waals surface area contributed by atoms with Gasteiger partial charge < -0.3 is 10.2 Å². The van der Waals surface area contributed by atoms with Crippen LogP contribution in [-0.4, -0.2) is 41.4 Å². The summed E-state index contributed by atoms with van der Waals surface area (Å²) in [5, 5.41) is 13.3. The van der Waals surface area contributed by atoms with Crippen LogP contribution in [0.3, 0.4) is 0 Å². The van der Waals surface area contributed by atoms with Crippen molar-refractivity contribution in [2.24, 2.45) is 0 Å². The second-order valence-corrected chi connectivity index (χ2v) is 3.76. The molecule has 1 aromatic heterocycles. The molecule has 92 valence electrons. The largest absolute Gasteiger partial charge is 0.361 e. The summed E-state index contributed by atoms with van der Waals surface area (Å²) >= 11 is 0. The van der Waals surface area contributed by atoms with Crippen molar-refractivity contribution in [3.05, 3.63) is 27.9 Å². The molecule has 1 aromatic rings. The number of amides is 1. The van der Waals surface area contributed by atoms with E-state index in [9.17, 15) is 14.9 Å². The molecule has 1 N–H and O–H groups in total. The van der Waals surface area contributed by atoms with Crippen LogP contribution in [0.25, 0.3) is 0 Å². The van der Waals surface area contributed by atoms with Crippen molar-refractivity contribution in [1.29, 1.82) is 0 Å². The molecule has 7 heteroatoms. The first-order valence-corrected chi connectivity index (χ1v) is 4.97. The van der Waals surface area contributed by atoms with Gasteiger partial charge in [0.05, 0.1) is 11.5 Å². The van der Waals surface area contributed by atoms with Crippen LogP contribution < -0.4 is 5.32 Å². The van der Waals surface area contributed by atoms with E-state index in [0.29, 0.717) is 11.4 Å². The summed E-state index contributed by atoms with van der Waals surface area (Å²) in [5.74, 6) is 0.385. The van der Waals surface area contributed by atoms with Crippen LogP contribution in [0, 0.1) is 17.0 Å². The minimum Gasteiger partial charge on any atom is -0.361 e. The maximum absolute atomic E-state index is 11.3. The van der Waals surface area contributed by atoms with Gasteiger partial charge in [0, 0.05) is 20.2 Å². The first-order valence-electron chi connectivity index (χ1n) is 4.97.